The third-order valence-corrected chi connectivity index (χ3v) is 4.06. The number of hydrogen-bond donors (Lipinski definition) is 1. The zero-order valence-electron chi connectivity index (χ0n) is 12.8. The molecule has 112 valence electrons. The van der Waals surface area contributed by atoms with Crippen molar-refractivity contribution in [3.05, 3.63) is 66.2 Å². The lowest BCUT2D eigenvalue weighted by Crippen LogP contribution is -2.31. The molecular weight excluding hydrogens is 258 g/mol. The van der Waals surface area contributed by atoms with E-state index in [1.165, 1.54) is 5.56 Å². The monoisotopic (exact) mass is 283 g/mol. The Hall–Kier alpha value is -1.80. The van der Waals surface area contributed by atoms with Gasteiger partial charge in [-0.05, 0) is 37.0 Å². The molecule has 0 spiro atoms. The topological polar surface area (TPSA) is 35.2 Å². The van der Waals surface area contributed by atoms with Crippen LogP contribution < -0.4 is 10.5 Å². The standard InChI is InChI=1S/C19H25NO/c1-19(16-20,17-10-4-2-5-11-17)14-8-9-15-21-18-12-6-3-7-13-18/h2-7,10-13H,8-9,14-16,20H2,1H3. The minimum Gasteiger partial charge on any atom is -0.494 e. The van der Waals surface area contributed by atoms with Gasteiger partial charge in [-0.25, -0.2) is 0 Å². The number of para-hydroxylation sites is 1. The van der Waals surface area contributed by atoms with E-state index in [1.807, 2.05) is 36.4 Å². The van der Waals surface area contributed by atoms with Gasteiger partial charge in [0.05, 0.1) is 6.61 Å². The van der Waals surface area contributed by atoms with Crippen molar-refractivity contribution < 1.29 is 4.74 Å². The van der Waals surface area contributed by atoms with E-state index in [0.29, 0.717) is 6.54 Å². The summed E-state index contributed by atoms with van der Waals surface area (Å²) in [5, 5.41) is 0. The Bertz CT molecular complexity index is 512. The summed E-state index contributed by atoms with van der Waals surface area (Å²) in [5.41, 5.74) is 7.41. The molecule has 0 aliphatic heterocycles. The van der Waals surface area contributed by atoms with Gasteiger partial charge in [0.25, 0.3) is 0 Å². The minimum atomic E-state index is 0.0635. The Kier molecular flexibility index (Phi) is 5.82. The molecule has 0 saturated heterocycles. The average Bonchev–Trinajstić information content (AvgIpc) is 2.56. The van der Waals surface area contributed by atoms with Gasteiger partial charge in [0, 0.05) is 12.0 Å². The van der Waals surface area contributed by atoms with Crippen LogP contribution in [0.2, 0.25) is 0 Å². The van der Waals surface area contributed by atoms with E-state index in [2.05, 4.69) is 31.2 Å². The van der Waals surface area contributed by atoms with E-state index in [-0.39, 0.29) is 5.41 Å². The number of unbranched alkanes of at least 4 members (excludes halogenated alkanes) is 1. The van der Waals surface area contributed by atoms with Gasteiger partial charge in [0.1, 0.15) is 5.75 Å². The first-order valence-electron chi connectivity index (χ1n) is 7.68. The number of nitrogens with two attached hydrogens (primary N) is 1. The van der Waals surface area contributed by atoms with E-state index in [4.69, 9.17) is 10.5 Å². The second-order valence-electron chi connectivity index (χ2n) is 5.75. The minimum absolute atomic E-state index is 0.0635. The van der Waals surface area contributed by atoms with Gasteiger partial charge in [-0.3, -0.25) is 0 Å². The van der Waals surface area contributed by atoms with Crippen LogP contribution in [-0.2, 0) is 5.41 Å². The summed E-state index contributed by atoms with van der Waals surface area (Å²) in [5.74, 6) is 0.946. The van der Waals surface area contributed by atoms with Crippen molar-refractivity contribution in [3.63, 3.8) is 0 Å². The van der Waals surface area contributed by atoms with Crippen molar-refractivity contribution in [3.8, 4) is 5.75 Å². The van der Waals surface area contributed by atoms with Gasteiger partial charge in [0.2, 0.25) is 0 Å². The molecule has 0 aromatic heterocycles. The van der Waals surface area contributed by atoms with Gasteiger partial charge in [0.15, 0.2) is 0 Å². The van der Waals surface area contributed by atoms with E-state index >= 15 is 0 Å². The van der Waals surface area contributed by atoms with E-state index < -0.39 is 0 Å². The van der Waals surface area contributed by atoms with Crippen molar-refractivity contribution in [1.29, 1.82) is 0 Å². The number of hydrogen-bond acceptors (Lipinski definition) is 2. The van der Waals surface area contributed by atoms with E-state index in [9.17, 15) is 0 Å². The third kappa shape index (κ3) is 4.61. The van der Waals surface area contributed by atoms with Crippen molar-refractivity contribution in [2.24, 2.45) is 5.73 Å². The normalized spacial score (nSPS) is 13.6. The molecule has 2 aromatic rings. The highest BCUT2D eigenvalue weighted by molar-refractivity contribution is 5.24. The van der Waals surface area contributed by atoms with Crippen LogP contribution >= 0.6 is 0 Å². The van der Waals surface area contributed by atoms with Gasteiger partial charge in [-0.2, -0.15) is 0 Å². The van der Waals surface area contributed by atoms with Crippen molar-refractivity contribution in [2.45, 2.75) is 31.6 Å². The Morgan fingerprint density at radius 1 is 0.905 bits per heavy atom. The highest BCUT2D eigenvalue weighted by Crippen LogP contribution is 2.28. The van der Waals surface area contributed by atoms with Crippen LogP contribution in [0, 0.1) is 0 Å². The SMILES string of the molecule is CC(CN)(CCCCOc1ccccc1)c1ccccc1. The smallest absolute Gasteiger partial charge is 0.119 e. The number of rotatable bonds is 8. The first-order chi connectivity index (χ1) is 10.2. The molecule has 0 aliphatic rings. The molecule has 2 heteroatoms. The van der Waals surface area contributed by atoms with Crippen LogP contribution in [0.4, 0.5) is 0 Å². The molecule has 0 radical (unpaired) electrons. The second kappa shape index (κ2) is 7.84. The van der Waals surface area contributed by atoms with E-state index in [0.717, 1.165) is 31.6 Å². The molecule has 0 amide bonds. The molecule has 0 bridgehead atoms. The predicted octanol–water partition coefficient (Wildman–Crippen LogP) is 4.15. The van der Waals surface area contributed by atoms with Crippen LogP contribution in [-0.4, -0.2) is 13.2 Å². The molecule has 2 rings (SSSR count). The summed E-state index contributed by atoms with van der Waals surface area (Å²) in [6.07, 6.45) is 3.26. The van der Waals surface area contributed by atoms with Crippen LogP contribution in [0.15, 0.2) is 60.7 Å². The molecule has 0 aliphatic carbocycles. The first-order valence-corrected chi connectivity index (χ1v) is 7.68. The van der Waals surface area contributed by atoms with Crippen LogP contribution in [0.1, 0.15) is 31.7 Å². The first kappa shape index (κ1) is 15.6. The fraction of sp³-hybridized carbons (Fsp3) is 0.368. The fourth-order valence-electron chi connectivity index (χ4n) is 2.53. The zero-order chi connectivity index (χ0) is 15.0. The summed E-state index contributed by atoms with van der Waals surface area (Å²) >= 11 is 0. The van der Waals surface area contributed by atoms with Crippen LogP contribution in [0.25, 0.3) is 0 Å². The highest BCUT2D eigenvalue weighted by atomic mass is 16.5. The molecule has 21 heavy (non-hydrogen) atoms. The van der Waals surface area contributed by atoms with Gasteiger partial charge >= 0.3 is 0 Å². The Morgan fingerprint density at radius 3 is 2.14 bits per heavy atom. The van der Waals surface area contributed by atoms with Crippen LogP contribution in [0.5, 0.6) is 5.75 Å². The summed E-state index contributed by atoms with van der Waals surface area (Å²) in [6, 6.07) is 20.5. The third-order valence-electron chi connectivity index (χ3n) is 4.06. The van der Waals surface area contributed by atoms with Crippen molar-refractivity contribution in [2.75, 3.05) is 13.2 Å². The quantitative estimate of drug-likeness (QED) is 0.739. The molecule has 0 saturated carbocycles. The van der Waals surface area contributed by atoms with E-state index in [1.54, 1.807) is 0 Å². The molecule has 1 unspecified atom stereocenters. The van der Waals surface area contributed by atoms with Gasteiger partial charge in [-0.15, -0.1) is 0 Å². The fourth-order valence-corrected chi connectivity index (χ4v) is 2.53. The molecular formula is C19H25NO. The molecule has 0 fully saturated rings. The average molecular weight is 283 g/mol. The predicted molar refractivity (Wildman–Crippen MR) is 88.6 cm³/mol. The maximum Gasteiger partial charge on any atom is 0.119 e. The summed E-state index contributed by atoms with van der Waals surface area (Å²) in [7, 11) is 0. The van der Waals surface area contributed by atoms with Gasteiger partial charge in [-0.1, -0.05) is 55.5 Å². The second-order valence-corrected chi connectivity index (χ2v) is 5.75. The Morgan fingerprint density at radius 2 is 1.52 bits per heavy atom. The molecule has 1 atom stereocenters. The lowest BCUT2D eigenvalue weighted by molar-refractivity contribution is 0.295. The molecule has 2 N–H and O–H groups in total. The summed E-state index contributed by atoms with van der Waals surface area (Å²) in [6.45, 7) is 3.69. The lowest BCUT2D eigenvalue weighted by atomic mass is 9.78. The number of ether oxygens (including phenoxy) is 1. The Balaban J connectivity index is 1.76. The summed E-state index contributed by atoms with van der Waals surface area (Å²) in [4.78, 5) is 0. The van der Waals surface area contributed by atoms with Crippen molar-refractivity contribution >= 4 is 0 Å². The molecule has 2 nitrogen and oxygen atoms in total. The van der Waals surface area contributed by atoms with Crippen LogP contribution in [0.3, 0.4) is 0 Å². The summed E-state index contributed by atoms with van der Waals surface area (Å²) < 4.78 is 5.73. The molecule has 2 aromatic carbocycles. The highest BCUT2D eigenvalue weighted by Gasteiger charge is 2.23. The lowest BCUT2D eigenvalue weighted by Gasteiger charge is -2.28. The zero-order valence-corrected chi connectivity index (χ0v) is 12.8. The molecule has 0 heterocycles. The maximum absolute atomic E-state index is 6.01. The Labute approximate surface area is 127 Å². The maximum atomic E-state index is 6.01. The number of benzene rings is 2. The largest absolute Gasteiger partial charge is 0.494 e. The van der Waals surface area contributed by atoms with Crippen molar-refractivity contribution in [1.82, 2.24) is 0 Å². The van der Waals surface area contributed by atoms with Gasteiger partial charge < -0.3 is 10.5 Å².